The number of hydrogen-bond donors (Lipinski definition) is 2. The number of nitrogens with two attached hydrogens (primary N) is 1. The van der Waals surface area contributed by atoms with Crippen molar-refractivity contribution in [3.8, 4) is 0 Å². The van der Waals surface area contributed by atoms with E-state index < -0.39 is 17.3 Å². The summed E-state index contributed by atoms with van der Waals surface area (Å²) >= 11 is 0. The first-order chi connectivity index (χ1) is 9.71. The Morgan fingerprint density at radius 2 is 2.05 bits per heavy atom. The Labute approximate surface area is 125 Å². The van der Waals surface area contributed by atoms with Gasteiger partial charge in [-0.2, -0.15) is 0 Å². The van der Waals surface area contributed by atoms with Gasteiger partial charge in [-0.1, -0.05) is 18.2 Å². The predicted octanol–water partition coefficient (Wildman–Crippen LogP) is 2.49. The lowest BCUT2D eigenvalue weighted by atomic mass is 9.85. The molecule has 5 nitrogen and oxygen atoms in total. The highest BCUT2D eigenvalue weighted by molar-refractivity contribution is 5.68. The molecule has 0 bridgehead atoms. The summed E-state index contributed by atoms with van der Waals surface area (Å²) in [6.07, 6.45) is 0.903. The Balaban J connectivity index is 2.17. The van der Waals surface area contributed by atoms with Crippen LogP contribution in [-0.4, -0.2) is 34.8 Å². The van der Waals surface area contributed by atoms with Gasteiger partial charge in [0.1, 0.15) is 11.2 Å². The zero-order chi connectivity index (χ0) is 15.7. The van der Waals surface area contributed by atoms with Gasteiger partial charge in [-0.3, -0.25) is 0 Å². The summed E-state index contributed by atoms with van der Waals surface area (Å²) in [7, 11) is 0. The van der Waals surface area contributed by atoms with Crippen LogP contribution >= 0.6 is 0 Å². The molecule has 1 unspecified atom stereocenters. The maximum atomic E-state index is 12.2. The number of β-amino-alcohol motifs (C(OH)–C–C–N with tert-alkyl or cyclic N) is 1. The summed E-state index contributed by atoms with van der Waals surface area (Å²) in [5.41, 5.74) is 5.54. The van der Waals surface area contributed by atoms with Crippen molar-refractivity contribution >= 4 is 11.8 Å². The van der Waals surface area contributed by atoms with Crippen molar-refractivity contribution in [1.29, 1.82) is 0 Å². The summed E-state index contributed by atoms with van der Waals surface area (Å²) in [5, 5.41) is 10.9. The predicted molar refractivity (Wildman–Crippen MR) is 81.8 cm³/mol. The summed E-state index contributed by atoms with van der Waals surface area (Å²) < 4.78 is 5.38. The minimum absolute atomic E-state index is 0.204. The van der Waals surface area contributed by atoms with Crippen LogP contribution in [0.1, 0.15) is 39.2 Å². The zero-order valence-corrected chi connectivity index (χ0v) is 12.9. The number of nitrogens with zero attached hydrogens (tertiary/aromatic N) is 1. The third-order valence-electron chi connectivity index (χ3n) is 3.58. The van der Waals surface area contributed by atoms with Crippen molar-refractivity contribution in [1.82, 2.24) is 4.90 Å². The molecule has 1 atom stereocenters. The lowest BCUT2D eigenvalue weighted by Gasteiger charge is -2.40. The van der Waals surface area contributed by atoms with Gasteiger partial charge in [0.2, 0.25) is 0 Å². The molecule has 1 aliphatic rings. The van der Waals surface area contributed by atoms with E-state index in [-0.39, 0.29) is 6.54 Å². The SMILES string of the molecule is CC(C)(C)OC(=O)N1CCCC(O)(c2ccccc2N)C1. The van der Waals surface area contributed by atoms with Gasteiger partial charge in [0.05, 0.1) is 6.54 Å². The molecule has 1 heterocycles. The van der Waals surface area contributed by atoms with Crippen LogP contribution in [0.5, 0.6) is 0 Å². The highest BCUT2D eigenvalue weighted by Gasteiger charge is 2.39. The van der Waals surface area contributed by atoms with E-state index in [4.69, 9.17) is 10.5 Å². The van der Waals surface area contributed by atoms with E-state index in [9.17, 15) is 9.90 Å². The molecule has 1 aromatic carbocycles. The third-order valence-corrected chi connectivity index (χ3v) is 3.58. The number of likely N-dealkylation sites (tertiary alicyclic amines) is 1. The largest absolute Gasteiger partial charge is 0.444 e. The summed E-state index contributed by atoms with van der Waals surface area (Å²) in [5.74, 6) is 0. The van der Waals surface area contributed by atoms with Crippen molar-refractivity contribution < 1.29 is 14.6 Å². The Bertz CT molecular complexity index is 524. The van der Waals surface area contributed by atoms with Crippen LogP contribution in [0.15, 0.2) is 24.3 Å². The third kappa shape index (κ3) is 3.67. The number of ether oxygens (including phenoxy) is 1. The molecule has 0 aromatic heterocycles. The first-order valence-corrected chi connectivity index (χ1v) is 7.27. The number of anilines is 1. The van der Waals surface area contributed by atoms with Gasteiger partial charge in [0, 0.05) is 17.8 Å². The second-order valence-corrected chi connectivity index (χ2v) is 6.62. The van der Waals surface area contributed by atoms with E-state index in [0.29, 0.717) is 30.6 Å². The topological polar surface area (TPSA) is 75.8 Å². The fourth-order valence-electron chi connectivity index (χ4n) is 2.66. The summed E-state index contributed by atoms with van der Waals surface area (Å²) in [6.45, 7) is 6.28. The van der Waals surface area contributed by atoms with E-state index in [1.54, 1.807) is 11.0 Å². The number of benzene rings is 1. The van der Waals surface area contributed by atoms with Gasteiger partial charge >= 0.3 is 6.09 Å². The lowest BCUT2D eigenvalue weighted by molar-refractivity contribution is -0.0461. The molecule has 0 spiro atoms. The van der Waals surface area contributed by atoms with Gasteiger partial charge < -0.3 is 20.5 Å². The molecule has 1 aromatic rings. The monoisotopic (exact) mass is 292 g/mol. The van der Waals surface area contributed by atoms with Crippen LogP contribution in [0.3, 0.4) is 0 Å². The molecular weight excluding hydrogens is 268 g/mol. The molecule has 116 valence electrons. The maximum Gasteiger partial charge on any atom is 0.410 e. The number of hydrogen-bond acceptors (Lipinski definition) is 4. The van der Waals surface area contributed by atoms with E-state index >= 15 is 0 Å². The average Bonchev–Trinajstić information content (AvgIpc) is 2.37. The van der Waals surface area contributed by atoms with Crippen LogP contribution in [-0.2, 0) is 10.3 Å². The fraction of sp³-hybridized carbons (Fsp3) is 0.562. The molecule has 1 fully saturated rings. The second-order valence-electron chi connectivity index (χ2n) is 6.62. The molecule has 1 aliphatic heterocycles. The Morgan fingerprint density at radius 3 is 2.67 bits per heavy atom. The van der Waals surface area contributed by atoms with Crippen molar-refractivity contribution in [2.24, 2.45) is 0 Å². The van der Waals surface area contributed by atoms with Crippen molar-refractivity contribution in [3.05, 3.63) is 29.8 Å². The summed E-state index contributed by atoms with van der Waals surface area (Å²) in [4.78, 5) is 13.7. The van der Waals surface area contributed by atoms with Gasteiger partial charge in [0.15, 0.2) is 0 Å². The molecule has 0 aliphatic carbocycles. The molecule has 1 amide bonds. The number of rotatable bonds is 1. The van der Waals surface area contributed by atoms with Crippen molar-refractivity contribution in [3.63, 3.8) is 0 Å². The van der Waals surface area contributed by atoms with Gasteiger partial charge in [-0.15, -0.1) is 0 Å². The molecule has 0 radical (unpaired) electrons. The van der Waals surface area contributed by atoms with E-state index in [1.165, 1.54) is 0 Å². The number of nitrogen functional groups attached to an aromatic ring is 1. The normalized spacial score (nSPS) is 23.0. The Hall–Kier alpha value is -1.75. The number of aliphatic hydroxyl groups is 1. The number of amides is 1. The highest BCUT2D eigenvalue weighted by atomic mass is 16.6. The van der Waals surface area contributed by atoms with Gasteiger partial charge in [-0.25, -0.2) is 4.79 Å². The van der Waals surface area contributed by atoms with Gasteiger partial charge in [-0.05, 0) is 39.7 Å². The fourth-order valence-corrected chi connectivity index (χ4v) is 2.66. The summed E-state index contributed by atoms with van der Waals surface area (Å²) in [6, 6.07) is 7.25. The van der Waals surface area contributed by atoms with Crippen LogP contribution < -0.4 is 5.73 Å². The zero-order valence-electron chi connectivity index (χ0n) is 12.9. The Kier molecular flexibility index (Phi) is 4.14. The van der Waals surface area contributed by atoms with E-state index in [1.807, 2.05) is 39.0 Å². The van der Waals surface area contributed by atoms with Gasteiger partial charge in [0.25, 0.3) is 0 Å². The molecule has 2 rings (SSSR count). The van der Waals surface area contributed by atoms with Crippen molar-refractivity contribution in [2.45, 2.75) is 44.8 Å². The molecule has 0 saturated carbocycles. The second kappa shape index (κ2) is 5.56. The smallest absolute Gasteiger partial charge is 0.410 e. The number of carbonyl (C=O) groups is 1. The standard InChI is InChI=1S/C16H24N2O3/c1-15(2,3)21-14(19)18-10-6-9-16(20,11-18)12-7-4-5-8-13(12)17/h4-5,7-8,20H,6,9-11,17H2,1-3H3. The van der Waals surface area contributed by atoms with Crippen LogP contribution in [0.4, 0.5) is 10.5 Å². The first kappa shape index (κ1) is 15.6. The van der Waals surface area contributed by atoms with Crippen LogP contribution in [0.25, 0.3) is 0 Å². The van der Waals surface area contributed by atoms with E-state index in [2.05, 4.69) is 0 Å². The molecule has 5 heteroatoms. The molecular formula is C16H24N2O3. The number of carbonyl (C=O) groups excluding carboxylic acids is 1. The first-order valence-electron chi connectivity index (χ1n) is 7.27. The lowest BCUT2D eigenvalue weighted by Crippen LogP contribution is -2.50. The Morgan fingerprint density at radius 1 is 1.38 bits per heavy atom. The molecule has 21 heavy (non-hydrogen) atoms. The number of piperidine rings is 1. The quantitative estimate of drug-likeness (QED) is 0.780. The van der Waals surface area contributed by atoms with E-state index in [0.717, 1.165) is 0 Å². The highest BCUT2D eigenvalue weighted by Crippen LogP contribution is 2.35. The van der Waals surface area contributed by atoms with Crippen LogP contribution in [0, 0.1) is 0 Å². The number of para-hydroxylation sites is 1. The minimum Gasteiger partial charge on any atom is -0.444 e. The average molecular weight is 292 g/mol. The van der Waals surface area contributed by atoms with Crippen LogP contribution in [0.2, 0.25) is 0 Å². The molecule has 3 N–H and O–H groups in total. The minimum atomic E-state index is -1.11. The maximum absolute atomic E-state index is 12.2. The molecule has 1 saturated heterocycles. The van der Waals surface area contributed by atoms with Crippen molar-refractivity contribution in [2.75, 3.05) is 18.8 Å².